The van der Waals surface area contributed by atoms with Crippen molar-refractivity contribution in [3.05, 3.63) is 0 Å². The number of hydrogen-bond acceptors (Lipinski definition) is 2. The second kappa shape index (κ2) is 4.24. The lowest BCUT2D eigenvalue weighted by Crippen LogP contribution is -2.39. The van der Waals surface area contributed by atoms with Crippen LogP contribution in [0.3, 0.4) is 0 Å². The molecular weight excluding hydrogens is 150 g/mol. The van der Waals surface area contributed by atoms with E-state index in [9.17, 15) is 0 Å². The molecule has 0 aromatic rings. The normalized spacial score (nSPS) is 27.8. The van der Waals surface area contributed by atoms with E-state index in [2.05, 4.69) is 19.2 Å². The summed E-state index contributed by atoms with van der Waals surface area (Å²) in [5.41, 5.74) is 0.494. The van der Waals surface area contributed by atoms with Gasteiger partial charge in [0.15, 0.2) is 0 Å². The van der Waals surface area contributed by atoms with Crippen LogP contribution in [-0.2, 0) is 4.74 Å². The molecule has 0 aliphatic heterocycles. The Hall–Kier alpha value is -0.0800. The molecule has 1 N–H and O–H groups in total. The number of methoxy groups -OCH3 is 1. The van der Waals surface area contributed by atoms with Crippen molar-refractivity contribution in [3.63, 3.8) is 0 Å². The first-order chi connectivity index (χ1) is 5.67. The van der Waals surface area contributed by atoms with Gasteiger partial charge in [-0.3, -0.25) is 0 Å². The Morgan fingerprint density at radius 1 is 1.50 bits per heavy atom. The minimum absolute atomic E-state index is 0.494. The van der Waals surface area contributed by atoms with Gasteiger partial charge in [-0.25, -0.2) is 0 Å². The van der Waals surface area contributed by atoms with Gasteiger partial charge in [-0.05, 0) is 18.3 Å². The number of rotatable bonds is 4. The standard InChI is InChI=1S/C10H21NO/c1-10(2)6-4-5-9(10)11-7-8-12-3/h9,11H,4-8H2,1-3H3. The zero-order valence-electron chi connectivity index (χ0n) is 8.52. The molecule has 0 aromatic heterocycles. The van der Waals surface area contributed by atoms with Crippen molar-refractivity contribution in [1.82, 2.24) is 5.32 Å². The third-order valence-electron chi connectivity index (χ3n) is 2.95. The number of hydrogen-bond donors (Lipinski definition) is 1. The molecule has 1 saturated carbocycles. The van der Waals surface area contributed by atoms with Gasteiger partial charge in [0.1, 0.15) is 0 Å². The largest absolute Gasteiger partial charge is 0.383 e. The van der Waals surface area contributed by atoms with Crippen molar-refractivity contribution in [3.8, 4) is 0 Å². The lowest BCUT2D eigenvalue weighted by atomic mass is 9.87. The van der Waals surface area contributed by atoms with Crippen molar-refractivity contribution in [2.24, 2.45) is 5.41 Å². The van der Waals surface area contributed by atoms with E-state index in [0.29, 0.717) is 11.5 Å². The van der Waals surface area contributed by atoms with Gasteiger partial charge in [-0.15, -0.1) is 0 Å². The summed E-state index contributed by atoms with van der Waals surface area (Å²) < 4.78 is 5.01. The molecule has 1 atom stereocenters. The molecule has 1 aliphatic rings. The first-order valence-corrected chi connectivity index (χ1v) is 4.89. The van der Waals surface area contributed by atoms with Gasteiger partial charge in [0.05, 0.1) is 6.61 Å². The summed E-state index contributed by atoms with van der Waals surface area (Å²) in [6.07, 6.45) is 4.06. The van der Waals surface area contributed by atoms with E-state index in [4.69, 9.17) is 4.74 Å². The summed E-state index contributed by atoms with van der Waals surface area (Å²) in [7, 11) is 1.75. The second-order valence-corrected chi connectivity index (χ2v) is 4.38. The Labute approximate surface area is 75.7 Å². The zero-order chi connectivity index (χ0) is 9.03. The van der Waals surface area contributed by atoms with Crippen LogP contribution in [0.4, 0.5) is 0 Å². The molecule has 1 rings (SSSR count). The fourth-order valence-electron chi connectivity index (χ4n) is 2.04. The van der Waals surface area contributed by atoms with Crippen LogP contribution in [0.5, 0.6) is 0 Å². The molecule has 72 valence electrons. The number of nitrogens with one attached hydrogen (secondary N) is 1. The van der Waals surface area contributed by atoms with Crippen LogP contribution < -0.4 is 5.32 Å². The molecule has 0 amide bonds. The van der Waals surface area contributed by atoms with Gasteiger partial charge in [0.25, 0.3) is 0 Å². The predicted molar refractivity (Wildman–Crippen MR) is 51.3 cm³/mol. The Morgan fingerprint density at radius 3 is 2.75 bits per heavy atom. The quantitative estimate of drug-likeness (QED) is 0.651. The maximum atomic E-state index is 5.01. The molecular formula is C10H21NO. The van der Waals surface area contributed by atoms with E-state index < -0.39 is 0 Å². The fourth-order valence-corrected chi connectivity index (χ4v) is 2.04. The smallest absolute Gasteiger partial charge is 0.0587 e. The van der Waals surface area contributed by atoms with Crippen molar-refractivity contribution in [2.45, 2.75) is 39.2 Å². The van der Waals surface area contributed by atoms with Gasteiger partial charge < -0.3 is 10.1 Å². The van der Waals surface area contributed by atoms with E-state index in [-0.39, 0.29) is 0 Å². The summed E-state index contributed by atoms with van der Waals surface area (Å²) in [5, 5.41) is 3.55. The fraction of sp³-hybridized carbons (Fsp3) is 1.00. The van der Waals surface area contributed by atoms with Gasteiger partial charge in [-0.2, -0.15) is 0 Å². The van der Waals surface area contributed by atoms with E-state index in [0.717, 1.165) is 13.2 Å². The Kier molecular flexibility index (Phi) is 3.53. The molecule has 0 bridgehead atoms. The van der Waals surface area contributed by atoms with Crippen LogP contribution in [0.1, 0.15) is 33.1 Å². The molecule has 12 heavy (non-hydrogen) atoms. The minimum atomic E-state index is 0.494. The molecule has 2 nitrogen and oxygen atoms in total. The number of ether oxygens (including phenoxy) is 1. The van der Waals surface area contributed by atoms with Crippen LogP contribution in [0.2, 0.25) is 0 Å². The predicted octanol–water partition coefficient (Wildman–Crippen LogP) is 1.80. The van der Waals surface area contributed by atoms with Crippen molar-refractivity contribution < 1.29 is 4.74 Å². The summed E-state index contributed by atoms with van der Waals surface area (Å²) in [5.74, 6) is 0. The van der Waals surface area contributed by atoms with E-state index >= 15 is 0 Å². The first-order valence-electron chi connectivity index (χ1n) is 4.89. The third kappa shape index (κ3) is 2.46. The maximum absolute atomic E-state index is 5.01. The van der Waals surface area contributed by atoms with Gasteiger partial charge >= 0.3 is 0 Å². The molecule has 0 saturated heterocycles. The summed E-state index contributed by atoms with van der Waals surface area (Å²) in [6, 6.07) is 0.702. The monoisotopic (exact) mass is 171 g/mol. The zero-order valence-corrected chi connectivity index (χ0v) is 8.52. The van der Waals surface area contributed by atoms with Crippen LogP contribution in [0.15, 0.2) is 0 Å². The lowest BCUT2D eigenvalue weighted by Gasteiger charge is -2.27. The molecule has 0 radical (unpaired) electrons. The summed E-state index contributed by atoms with van der Waals surface area (Å²) in [4.78, 5) is 0. The third-order valence-corrected chi connectivity index (χ3v) is 2.95. The van der Waals surface area contributed by atoms with Gasteiger partial charge in [0, 0.05) is 19.7 Å². The molecule has 2 heteroatoms. The Bertz CT molecular complexity index is 134. The highest BCUT2D eigenvalue weighted by molar-refractivity contribution is 4.89. The summed E-state index contributed by atoms with van der Waals surface area (Å²) in [6.45, 7) is 6.52. The maximum Gasteiger partial charge on any atom is 0.0587 e. The highest BCUT2D eigenvalue weighted by Crippen LogP contribution is 2.36. The lowest BCUT2D eigenvalue weighted by molar-refractivity contribution is 0.184. The van der Waals surface area contributed by atoms with Crippen LogP contribution in [0.25, 0.3) is 0 Å². The molecule has 1 aliphatic carbocycles. The van der Waals surface area contributed by atoms with E-state index in [1.165, 1.54) is 19.3 Å². The average Bonchev–Trinajstić information content (AvgIpc) is 2.32. The van der Waals surface area contributed by atoms with Gasteiger partial charge in [-0.1, -0.05) is 20.3 Å². The summed E-state index contributed by atoms with van der Waals surface area (Å²) >= 11 is 0. The Morgan fingerprint density at radius 2 is 2.25 bits per heavy atom. The van der Waals surface area contributed by atoms with Crippen LogP contribution >= 0.6 is 0 Å². The molecule has 1 unspecified atom stereocenters. The second-order valence-electron chi connectivity index (χ2n) is 4.38. The first kappa shape index (κ1) is 10.0. The molecule has 1 fully saturated rings. The highest BCUT2D eigenvalue weighted by atomic mass is 16.5. The van der Waals surface area contributed by atoms with E-state index in [1.54, 1.807) is 7.11 Å². The van der Waals surface area contributed by atoms with Crippen molar-refractivity contribution >= 4 is 0 Å². The Balaban J connectivity index is 2.22. The van der Waals surface area contributed by atoms with Crippen molar-refractivity contribution in [2.75, 3.05) is 20.3 Å². The molecule has 0 heterocycles. The van der Waals surface area contributed by atoms with Crippen LogP contribution in [-0.4, -0.2) is 26.3 Å². The highest BCUT2D eigenvalue weighted by Gasteiger charge is 2.33. The van der Waals surface area contributed by atoms with Crippen LogP contribution in [0, 0.1) is 5.41 Å². The van der Waals surface area contributed by atoms with Gasteiger partial charge in [0.2, 0.25) is 0 Å². The SMILES string of the molecule is COCCNC1CCCC1(C)C. The minimum Gasteiger partial charge on any atom is -0.383 e. The molecule has 0 spiro atoms. The van der Waals surface area contributed by atoms with Crippen molar-refractivity contribution in [1.29, 1.82) is 0 Å². The van der Waals surface area contributed by atoms with E-state index in [1.807, 2.05) is 0 Å². The molecule has 0 aromatic carbocycles. The average molecular weight is 171 g/mol. The topological polar surface area (TPSA) is 21.3 Å².